The number of benzene rings is 7. The Morgan fingerprint density at radius 3 is 1.35 bits per heavy atom. The molecule has 49 heavy (non-hydrogen) atoms. The predicted molar refractivity (Wildman–Crippen MR) is 207 cm³/mol. The summed E-state index contributed by atoms with van der Waals surface area (Å²) >= 11 is 0. The van der Waals surface area contributed by atoms with Crippen molar-refractivity contribution in [3.8, 4) is 44.5 Å². The SMILES string of the molecule is CC1(C)c2ccccc2-c2ccc(N3c4ccc(-c5ccccc5)cc4C(C)(C)c4cc(-c5ccc(-c6ccccc6)cc5)ccc43)cc21. The lowest BCUT2D eigenvalue weighted by Crippen LogP contribution is -2.31. The number of fused-ring (bicyclic) bond motifs is 5. The lowest BCUT2D eigenvalue weighted by molar-refractivity contribution is 0.632. The van der Waals surface area contributed by atoms with Crippen molar-refractivity contribution in [2.75, 3.05) is 4.90 Å². The topological polar surface area (TPSA) is 3.24 Å². The minimum atomic E-state index is -0.224. The summed E-state index contributed by atoms with van der Waals surface area (Å²) in [7, 11) is 0. The molecule has 1 aliphatic heterocycles. The highest BCUT2D eigenvalue weighted by Gasteiger charge is 2.39. The summed E-state index contributed by atoms with van der Waals surface area (Å²) in [6.07, 6.45) is 0. The maximum atomic E-state index is 2.51. The number of hydrogen-bond donors (Lipinski definition) is 0. The Morgan fingerprint density at radius 1 is 0.327 bits per heavy atom. The standard InChI is InChI=1S/C48H39N/c1-47(2)41-18-12-11-17-39(41)40-26-25-38(31-42(40)47)49-45-27-23-36(33-15-9-6-10-16-33)29-43(45)48(3,4)44-30-37(24-28-46(44)49)35-21-19-34(20-22-35)32-13-7-5-8-14-32/h5-31H,1-4H3. The van der Waals surface area contributed by atoms with E-state index in [2.05, 4.69) is 196 Å². The maximum Gasteiger partial charge on any atom is 0.0503 e. The highest BCUT2D eigenvalue weighted by Crippen LogP contribution is 2.55. The molecule has 2 aliphatic rings. The van der Waals surface area contributed by atoms with Crippen LogP contribution in [0.3, 0.4) is 0 Å². The summed E-state index contributed by atoms with van der Waals surface area (Å²) in [4.78, 5) is 2.51. The van der Waals surface area contributed by atoms with Crippen LogP contribution in [0.1, 0.15) is 49.9 Å². The van der Waals surface area contributed by atoms with Crippen LogP contribution in [-0.2, 0) is 10.8 Å². The van der Waals surface area contributed by atoms with Gasteiger partial charge in [0.15, 0.2) is 0 Å². The minimum Gasteiger partial charge on any atom is -0.310 e. The van der Waals surface area contributed by atoms with E-state index >= 15 is 0 Å². The van der Waals surface area contributed by atoms with Crippen LogP contribution in [0.5, 0.6) is 0 Å². The first-order valence-electron chi connectivity index (χ1n) is 17.4. The van der Waals surface area contributed by atoms with Crippen LogP contribution in [0, 0.1) is 0 Å². The van der Waals surface area contributed by atoms with E-state index in [0.29, 0.717) is 0 Å². The van der Waals surface area contributed by atoms with Crippen LogP contribution in [0.4, 0.5) is 17.1 Å². The Balaban J connectivity index is 1.21. The van der Waals surface area contributed by atoms with Crippen molar-refractivity contribution in [3.63, 3.8) is 0 Å². The van der Waals surface area contributed by atoms with Crippen LogP contribution in [0.2, 0.25) is 0 Å². The van der Waals surface area contributed by atoms with E-state index in [9.17, 15) is 0 Å². The minimum absolute atomic E-state index is 0.0738. The zero-order valence-corrected chi connectivity index (χ0v) is 28.5. The smallest absolute Gasteiger partial charge is 0.0503 e. The second-order valence-electron chi connectivity index (χ2n) is 14.6. The first-order valence-corrected chi connectivity index (χ1v) is 17.4. The largest absolute Gasteiger partial charge is 0.310 e. The third-order valence-corrected chi connectivity index (χ3v) is 11.1. The van der Waals surface area contributed by atoms with Gasteiger partial charge >= 0.3 is 0 Å². The lowest BCUT2D eigenvalue weighted by Gasteiger charge is -2.43. The van der Waals surface area contributed by atoms with E-state index in [0.717, 1.165) is 0 Å². The van der Waals surface area contributed by atoms with Gasteiger partial charge in [-0.25, -0.2) is 0 Å². The molecule has 0 amide bonds. The average molecular weight is 630 g/mol. The van der Waals surface area contributed by atoms with Gasteiger partial charge < -0.3 is 4.90 Å². The fourth-order valence-electron chi connectivity index (χ4n) is 8.32. The maximum absolute atomic E-state index is 2.51. The molecule has 0 fully saturated rings. The van der Waals surface area contributed by atoms with Crippen LogP contribution in [0.25, 0.3) is 44.5 Å². The third kappa shape index (κ3) is 4.60. The number of anilines is 3. The fraction of sp³-hybridized carbons (Fsp3) is 0.125. The van der Waals surface area contributed by atoms with E-state index < -0.39 is 0 Å². The molecule has 0 spiro atoms. The van der Waals surface area contributed by atoms with E-state index in [1.54, 1.807) is 0 Å². The molecular weight excluding hydrogens is 591 g/mol. The monoisotopic (exact) mass is 629 g/mol. The zero-order chi connectivity index (χ0) is 33.3. The molecule has 0 unspecified atom stereocenters. The van der Waals surface area contributed by atoms with Crippen LogP contribution in [0.15, 0.2) is 164 Å². The summed E-state index contributed by atoms with van der Waals surface area (Å²) in [6.45, 7) is 9.51. The lowest BCUT2D eigenvalue weighted by atomic mass is 9.72. The highest BCUT2D eigenvalue weighted by atomic mass is 15.2. The Bertz CT molecular complexity index is 2360. The van der Waals surface area contributed by atoms with Crippen molar-refractivity contribution in [1.29, 1.82) is 0 Å². The molecule has 236 valence electrons. The first-order chi connectivity index (χ1) is 23.8. The van der Waals surface area contributed by atoms with Gasteiger partial charge in [0.1, 0.15) is 0 Å². The van der Waals surface area contributed by atoms with Crippen molar-refractivity contribution < 1.29 is 0 Å². The first kappa shape index (κ1) is 29.5. The molecule has 1 aliphatic carbocycles. The molecule has 0 aromatic heterocycles. The average Bonchev–Trinajstić information content (AvgIpc) is 3.38. The van der Waals surface area contributed by atoms with Gasteiger partial charge in [0.05, 0.1) is 11.4 Å². The number of rotatable bonds is 4. The molecule has 0 bridgehead atoms. The molecule has 9 rings (SSSR count). The third-order valence-electron chi connectivity index (χ3n) is 11.1. The Labute approximate surface area is 290 Å². The molecule has 0 atom stereocenters. The van der Waals surface area contributed by atoms with Gasteiger partial charge in [-0.15, -0.1) is 0 Å². The molecule has 0 saturated heterocycles. The molecule has 0 N–H and O–H groups in total. The van der Waals surface area contributed by atoms with Gasteiger partial charge in [0, 0.05) is 16.5 Å². The van der Waals surface area contributed by atoms with Crippen LogP contribution >= 0.6 is 0 Å². The van der Waals surface area contributed by atoms with Gasteiger partial charge in [-0.05, 0) is 103 Å². The van der Waals surface area contributed by atoms with Crippen molar-refractivity contribution in [2.45, 2.75) is 38.5 Å². The number of nitrogens with zero attached hydrogens (tertiary/aromatic N) is 1. The zero-order valence-electron chi connectivity index (χ0n) is 28.5. The van der Waals surface area contributed by atoms with Crippen molar-refractivity contribution in [1.82, 2.24) is 0 Å². The Morgan fingerprint density at radius 2 is 0.755 bits per heavy atom. The summed E-state index contributed by atoms with van der Waals surface area (Å²) in [5.74, 6) is 0. The van der Waals surface area contributed by atoms with E-state index in [1.807, 2.05) is 0 Å². The highest BCUT2D eigenvalue weighted by molar-refractivity contribution is 5.91. The Hall–Kier alpha value is -5.66. The second kappa shape index (κ2) is 10.9. The van der Waals surface area contributed by atoms with Crippen molar-refractivity contribution >= 4 is 17.1 Å². The van der Waals surface area contributed by atoms with Crippen LogP contribution in [-0.4, -0.2) is 0 Å². The molecule has 1 heterocycles. The van der Waals surface area contributed by atoms with Gasteiger partial charge in [0.2, 0.25) is 0 Å². The molecule has 1 heteroatoms. The van der Waals surface area contributed by atoms with Crippen LogP contribution < -0.4 is 4.90 Å². The van der Waals surface area contributed by atoms with Crippen molar-refractivity contribution in [2.24, 2.45) is 0 Å². The van der Waals surface area contributed by atoms with E-state index in [4.69, 9.17) is 0 Å². The Kier molecular flexibility index (Phi) is 6.58. The normalized spacial score (nSPS) is 14.8. The number of hydrogen-bond acceptors (Lipinski definition) is 1. The van der Waals surface area contributed by atoms with E-state index in [1.165, 1.54) is 83.8 Å². The summed E-state index contributed by atoms with van der Waals surface area (Å²) in [5, 5.41) is 0. The molecule has 7 aromatic rings. The molecule has 7 aromatic carbocycles. The predicted octanol–water partition coefficient (Wildman–Crippen LogP) is 13.1. The molecule has 0 radical (unpaired) electrons. The van der Waals surface area contributed by atoms with Gasteiger partial charge in [-0.3, -0.25) is 0 Å². The van der Waals surface area contributed by atoms with Crippen molar-refractivity contribution in [3.05, 3.63) is 186 Å². The fourth-order valence-corrected chi connectivity index (χ4v) is 8.32. The van der Waals surface area contributed by atoms with E-state index in [-0.39, 0.29) is 10.8 Å². The molecular formula is C48H39N. The summed E-state index contributed by atoms with van der Waals surface area (Å²) < 4.78 is 0. The van der Waals surface area contributed by atoms with Gasteiger partial charge in [-0.2, -0.15) is 0 Å². The molecule has 0 saturated carbocycles. The van der Waals surface area contributed by atoms with Gasteiger partial charge in [-0.1, -0.05) is 155 Å². The van der Waals surface area contributed by atoms with Gasteiger partial charge in [0.25, 0.3) is 0 Å². The molecule has 1 nitrogen and oxygen atoms in total. The summed E-state index contributed by atoms with van der Waals surface area (Å²) in [6, 6.07) is 60.5. The summed E-state index contributed by atoms with van der Waals surface area (Å²) in [5.41, 5.74) is 18.9. The second-order valence-corrected chi connectivity index (χ2v) is 14.6. The quantitative estimate of drug-likeness (QED) is 0.187.